The SMILES string of the molecule is CCNC(=NCC1(N2CCCCC2)CCN(C)CC1)N1CCC(N(CC)CC)C1.I. The Labute approximate surface area is 202 Å². The maximum atomic E-state index is 5.29. The van der Waals surface area contributed by atoms with Gasteiger partial charge in [0.15, 0.2) is 5.96 Å². The molecule has 0 radical (unpaired) electrons. The van der Waals surface area contributed by atoms with Gasteiger partial charge in [-0.1, -0.05) is 20.3 Å². The van der Waals surface area contributed by atoms with Crippen LogP contribution in [-0.2, 0) is 0 Å². The van der Waals surface area contributed by atoms with Gasteiger partial charge < -0.3 is 15.1 Å². The molecule has 0 aromatic rings. The molecule has 0 spiro atoms. The number of nitrogens with one attached hydrogen (secondary N) is 1. The molecule has 0 aliphatic carbocycles. The van der Waals surface area contributed by atoms with E-state index in [1.54, 1.807) is 0 Å². The fourth-order valence-corrected chi connectivity index (χ4v) is 5.60. The molecule has 3 aliphatic heterocycles. The Kier molecular flexibility index (Phi) is 11.1. The lowest BCUT2D eigenvalue weighted by Gasteiger charge is -2.49. The molecule has 3 saturated heterocycles. The summed E-state index contributed by atoms with van der Waals surface area (Å²) in [6.45, 7) is 18.2. The molecular weight excluding hydrogens is 487 g/mol. The lowest BCUT2D eigenvalue weighted by atomic mass is 9.84. The summed E-state index contributed by atoms with van der Waals surface area (Å²) in [5.74, 6) is 1.15. The van der Waals surface area contributed by atoms with Crippen LogP contribution in [0.1, 0.15) is 59.3 Å². The molecule has 3 heterocycles. The predicted molar refractivity (Wildman–Crippen MR) is 139 cm³/mol. The van der Waals surface area contributed by atoms with Crippen LogP contribution in [0, 0.1) is 0 Å². The van der Waals surface area contributed by atoms with Gasteiger partial charge in [-0.15, -0.1) is 24.0 Å². The molecule has 0 saturated carbocycles. The van der Waals surface area contributed by atoms with Crippen molar-refractivity contribution in [2.75, 3.05) is 72.5 Å². The van der Waals surface area contributed by atoms with Crippen molar-refractivity contribution in [3.8, 4) is 0 Å². The Bertz CT molecular complexity index is 510. The molecule has 0 amide bonds. The molecule has 0 aromatic carbocycles. The minimum atomic E-state index is 0. The van der Waals surface area contributed by atoms with E-state index in [2.05, 4.69) is 52.7 Å². The van der Waals surface area contributed by atoms with Crippen molar-refractivity contribution in [1.82, 2.24) is 24.9 Å². The van der Waals surface area contributed by atoms with Gasteiger partial charge in [-0.05, 0) is 85.3 Å². The summed E-state index contributed by atoms with van der Waals surface area (Å²) in [6.07, 6.45) is 7.90. The minimum absolute atomic E-state index is 0. The summed E-state index contributed by atoms with van der Waals surface area (Å²) < 4.78 is 0. The fourth-order valence-electron chi connectivity index (χ4n) is 5.60. The minimum Gasteiger partial charge on any atom is -0.357 e. The topological polar surface area (TPSA) is 37.4 Å². The lowest BCUT2D eigenvalue weighted by molar-refractivity contribution is 0.0206. The van der Waals surface area contributed by atoms with Crippen LogP contribution < -0.4 is 5.32 Å². The Balaban J connectivity index is 0.00000320. The van der Waals surface area contributed by atoms with E-state index < -0.39 is 0 Å². The first-order valence-corrected chi connectivity index (χ1v) is 12.3. The monoisotopic (exact) mass is 534 g/mol. The first kappa shape index (κ1) is 26.1. The van der Waals surface area contributed by atoms with Gasteiger partial charge in [0.1, 0.15) is 0 Å². The number of nitrogens with zero attached hydrogens (tertiary/aromatic N) is 5. The van der Waals surface area contributed by atoms with Crippen LogP contribution in [-0.4, -0.2) is 110 Å². The summed E-state index contributed by atoms with van der Waals surface area (Å²) in [6, 6.07) is 0.674. The average Bonchev–Trinajstić information content (AvgIpc) is 3.24. The van der Waals surface area contributed by atoms with Crippen LogP contribution in [0.15, 0.2) is 4.99 Å². The summed E-state index contributed by atoms with van der Waals surface area (Å²) in [5, 5.41) is 3.62. The molecule has 1 atom stereocenters. The van der Waals surface area contributed by atoms with E-state index >= 15 is 0 Å². The second-order valence-corrected chi connectivity index (χ2v) is 9.36. The third-order valence-corrected chi connectivity index (χ3v) is 7.59. The van der Waals surface area contributed by atoms with E-state index in [1.807, 2.05) is 0 Å². The number of likely N-dealkylation sites (N-methyl/N-ethyl adjacent to an activating group) is 1. The van der Waals surface area contributed by atoms with Gasteiger partial charge in [-0.25, -0.2) is 0 Å². The van der Waals surface area contributed by atoms with Gasteiger partial charge in [0, 0.05) is 31.2 Å². The zero-order chi connectivity index (χ0) is 20.7. The molecular formula is C23H47IN6. The number of aliphatic imine (C=N–C) groups is 1. The standard InChI is InChI=1S/C23H46N6.HI/c1-5-24-22(28-16-11-21(19-28)27(6-2)7-3)25-20-23(12-17-26(4)18-13-23)29-14-9-8-10-15-29;/h21H,5-20H2,1-4H3,(H,24,25);1H. The molecule has 7 heteroatoms. The van der Waals surface area contributed by atoms with E-state index in [-0.39, 0.29) is 29.5 Å². The lowest BCUT2D eigenvalue weighted by Crippen LogP contribution is -2.58. The Morgan fingerprint density at radius 1 is 1.00 bits per heavy atom. The summed E-state index contributed by atoms with van der Waals surface area (Å²) >= 11 is 0. The normalized spacial score (nSPS) is 26.1. The molecule has 0 aromatic heterocycles. The number of piperidine rings is 2. The molecule has 1 unspecified atom stereocenters. The Morgan fingerprint density at radius 3 is 2.27 bits per heavy atom. The molecule has 3 rings (SSSR count). The van der Waals surface area contributed by atoms with Gasteiger partial charge in [-0.2, -0.15) is 0 Å². The highest BCUT2D eigenvalue weighted by Gasteiger charge is 2.40. The van der Waals surface area contributed by atoms with Crippen LogP contribution in [0.25, 0.3) is 0 Å². The van der Waals surface area contributed by atoms with Crippen molar-refractivity contribution < 1.29 is 0 Å². The van der Waals surface area contributed by atoms with Crippen LogP contribution in [0.5, 0.6) is 0 Å². The highest BCUT2D eigenvalue weighted by molar-refractivity contribution is 14.0. The smallest absolute Gasteiger partial charge is 0.194 e. The zero-order valence-electron chi connectivity index (χ0n) is 20.0. The van der Waals surface area contributed by atoms with E-state index in [0.717, 1.165) is 45.2 Å². The highest BCUT2D eigenvalue weighted by Crippen LogP contribution is 2.32. The highest BCUT2D eigenvalue weighted by atomic mass is 127. The van der Waals surface area contributed by atoms with E-state index in [9.17, 15) is 0 Å². The van der Waals surface area contributed by atoms with E-state index in [4.69, 9.17) is 4.99 Å². The van der Waals surface area contributed by atoms with Gasteiger partial charge in [0.2, 0.25) is 0 Å². The van der Waals surface area contributed by atoms with E-state index in [1.165, 1.54) is 64.7 Å². The summed E-state index contributed by atoms with van der Waals surface area (Å²) in [5.41, 5.74) is 0.269. The van der Waals surface area contributed by atoms with Gasteiger partial charge >= 0.3 is 0 Å². The number of hydrogen-bond donors (Lipinski definition) is 1. The maximum absolute atomic E-state index is 5.29. The van der Waals surface area contributed by atoms with Crippen molar-refractivity contribution in [3.05, 3.63) is 0 Å². The quantitative estimate of drug-likeness (QED) is 0.309. The number of rotatable bonds is 7. The Hall–Kier alpha value is -0.120. The van der Waals surface area contributed by atoms with Crippen molar-refractivity contribution in [2.24, 2.45) is 4.99 Å². The van der Waals surface area contributed by atoms with Gasteiger partial charge in [0.05, 0.1) is 6.54 Å². The first-order valence-electron chi connectivity index (χ1n) is 12.3. The van der Waals surface area contributed by atoms with Crippen LogP contribution >= 0.6 is 24.0 Å². The largest absolute Gasteiger partial charge is 0.357 e. The maximum Gasteiger partial charge on any atom is 0.194 e. The third-order valence-electron chi connectivity index (χ3n) is 7.59. The van der Waals surface area contributed by atoms with Gasteiger partial charge in [0.25, 0.3) is 0 Å². The van der Waals surface area contributed by atoms with Crippen LogP contribution in [0.4, 0.5) is 0 Å². The van der Waals surface area contributed by atoms with Crippen molar-refractivity contribution >= 4 is 29.9 Å². The van der Waals surface area contributed by atoms with Crippen LogP contribution in [0.3, 0.4) is 0 Å². The van der Waals surface area contributed by atoms with Gasteiger partial charge in [-0.3, -0.25) is 14.8 Å². The van der Waals surface area contributed by atoms with Crippen molar-refractivity contribution in [3.63, 3.8) is 0 Å². The Morgan fingerprint density at radius 2 is 1.67 bits per heavy atom. The summed E-state index contributed by atoms with van der Waals surface area (Å²) in [7, 11) is 2.27. The predicted octanol–water partition coefficient (Wildman–Crippen LogP) is 2.94. The molecule has 1 N–H and O–H groups in total. The third kappa shape index (κ3) is 6.45. The molecule has 3 aliphatic rings. The number of hydrogen-bond acceptors (Lipinski definition) is 4. The van der Waals surface area contributed by atoms with E-state index in [0.29, 0.717) is 6.04 Å². The molecule has 6 nitrogen and oxygen atoms in total. The zero-order valence-corrected chi connectivity index (χ0v) is 22.4. The molecule has 30 heavy (non-hydrogen) atoms. The molecule has 0 bridgehead atoms. The average molecular weight is 535 g/mol. The molecule has 176 valence electrons. The second-order valence-electron chi connectivity index (χ2n) is 9.36. The number of halogens is 1. The summed E-state index contributed by atoms with van der Waals surface area (Å²) in [4.78, 5) is 15.7. The van der Waals surface area contributed by atoms with Crippen molar-refractivity contribution in [1.29, 1.82) is 0 Å². The van der Waals surface area contributed by atoms with Crippen LogP contribution in [0.2, 0.25) is 0 Å². The fraction of sp³-hybridized carbons (Fsp3) is 0.957. The second kappa shape index (κ2) is 12.8. The van der Waals surface area contributed by atoms with Crippen molar-refractivity contribution in [2.45, 2.75) is 70.9 Å². The number of likely N-dealkylation sites (tertiary alicyclic amines) is 3. The number of guanidine groups is 1. The molecule has 3 fully saturated rings. The first-order chi connectivity index (χ1) is 14.1.